The van der Waals surface area contributed by atoms with Gasteiger partial charge < -0.3 is 0 Å². The van der Waals surface area contributed by atoms with Crippen LogP contribution in [0.1, 0.15) is 0 Å². The van der Waals surface area contributed by atoms with E-state index in [4.69, 9.17) is 4.98 Å². The van der Waals surface area contributed by atoms with Crippen LogP contribution in [-0.2, 0) is 0 Å². The van der Waals surface area contributed by atoms with Gasteiger partial charge in [0.1, 0.15) is 5.65 Å². The van der Waals surface area contributed by atoms with Crippen molar-refractivity contribution in [3.05, 3.63) is 101 Å². The van der Waals surface area contributed by atoms with Crippen LogP contribution in [-0.4, -0.2) is 14.5 Å². The maximum Gasteiger partial charge on any atom is 0.277 e. The average molecular weight is 365 g/mol. The van der Waals surface area contributed by atoms with Gasteiger partial charge >= 0.3 is 0 Å². The summed E-state index contributed by atoms with van der Waals surface area (Å²) in [6.45, 7) is 0. The third-order valence-corrected chi connectivity index (χ3v) is 4.94. The Hall–Kier alpha value is -3.99. The quantitative estimate of drug-likeness (QED) is 0.302. The summed E-state index contributed by atoms with van der Waals surface area (Å²) in [7, 11) is 0. The van der Waals surface area contributed by atoms with E-state index >= 15 is 0 Å². The molecule has 0 amide bonds. The van der Waals surface area contributed by atoms with Gasteiger partial charge in [-0.3, -0.25) is 14.7 Å². The number of nitro benzene ring substituents is 1. The molecule has 0 fully saturated rings. The Kier molecular flexibility index (Phi) is 3.66. The molecule has 0 aliphatic carbocycles. The lowest BCUT2D eigenvalue weighted by atomic mass is 10.0. The van der Waals surface area contributed by atoms with Gasteiger partial charge in [-0.25, -0.2) is 4.98 Å². The third kappa shape index (κ3) is 2.45. The maximum absolute atomic E-state index is 11.4. The van der Waals surface area contributed by atoms with E-state index in [9.17, 15) is 10.1 Å². The highest BCUT2D eigenvalue weighted by Gasteiger charge is 2.18. The first-order valence-corrected chi connectivity index (χ1v) is 8.92. The van der Waals surface area contributed by atoms with E-state index in [1.165, 1.54) is 6.07 Å². The molecule has 5 heteroatoms. The number of rotatable bonds is 3. The molecular weight excluding hydrogens is 350 g/mol. The Labute approximate surface area is 160 Å². The molecule has 0 N–H and O–H groups in total. The van der Waals surface area contributed by atoms with Gasteiger partial charge in [0.25, 0.3) is 5.69 Å². The molecule has 0 bridgehead atoms. The van der Waals surface area contributed by atoms with Gasteiger partial charge in [-0.2, -0.15) is 0 Å². The monoisotopic (exact) mass is 365 g/mol. The zero-order valence-electron chi connectivity index (χ0n) is 14.8. The molecule has 0 aliphatic rings. The lowest BCUT2D eigenvalue weighted by Crippen LogP contribution is -1.95. The lowest BCUT2D eigenvalue weighted by Gasteiger charge is -2.07. The number of hydrogen-bond acceptors (Lipinski definition) is 3. The summed E-state index contributed by atoms with van der Waals surface area (Å²) in [5.74, 6) is 0. The van der Waals surface area contributed by atoms with Crippen LogP contribution in [0.3, 0.4) is 0 Å². The zero-order valence-corrected chi connectivity index (χ0v) is 14.8. The van der Waals surface area contributed by atoms with E-state index in [0.717, 1.165) is 33.2 Å². The molecule has 28 heavy (non-hydrogen) atoms. The van der Waals surface area contributed by atoms with Gasteiger partial charge in [0.2, 0.25) is 0 Å². The molecule has 0 aliphatic heterocycles. The fourth-order valence-electron chi connectivity index (χ4n) is 3.71. The second-order valence-corrected chi connectivity index (χ2v) is 6.56. The van der Waals surface area contributed by atoms with E-state index < -0.39 is 0 Å². The molecular formula is C23H15N3O2. The Morgan fingerprint density at radius 2 is 1.54 bits per heavy atom. The molecule has 5 aromatic rings. The van der Waals surface area contributed by atoms with Crippen LogP contribution in [0, 0.1) is 10.1 Å². The molecule has 0 radical (unpaired) electrons. The second-order valence-electron chi connectivity index (χ2n) is 6.56. The molecule has 0 atom stereocenters. The van der Waals surface area contributed by atoms with Gasteiger partial charge in [-0.1, -0.05) is 48.5 Å². The van der Waals surface area contributed by atoms with Crippen LogP contribution in [0.4, 0.5) is 5.69 Å². The molecule has 0 saturated carbocycles. The van der Waals surface area contributed by atoms with Crippen molar-refractivity contribution >= 4 is 27.6 Å². The van der Waals surface area contributed by atoms with E-state index in [-0.39, 0.29) is 10.6 Å². The zero-order chi connectivity index (χ0) is 19.1. The highest BCUT2D eigenvalue weighted by atomic mass is 16.6. The van der Waals surface area contributed by atoms with Gasteiger partial charge in [-0.15, -0.1) is 0 Å². The molecule has 3 aromatic carbocycles. The van der Waals surface area contributed by atoms with Gasteiger partial charge in [0.05, 0.1) is 16.0 Å². The maximum atomic E-state index is 11.4. The number of nitrogens with zero attached hydrogens (tertiary/aromatic N) is 3. The molecule has 134 valence electrons. The predicted molar refractivity (Wildman–Crippen MR) is 111 cm³/mol. The fraction of sp³-hybridized carbons (Fsp3) is 0. The first-order valence-electron chi connectivity index (χ1n) is 8.92. The number of para-hydroxylation sites is 3. The molecule has 5 rings (SSSR count). The summed E-state index contributed by atoms with van der Waals surface area (Å²) in [5.41, 5.74) is 4.29. The van der Waals surface area contributed by atoms with Crippen molar-refractivity contribution in [2.75, 3.05) is 0 Å². The van der Waals surface area contributed by atoms with Crippen molar-refractivity contribution in [3.63, 3.8) is 0 Å². The summed E-state index contributed by atoms with van der Waals surface area (Å²) < 4.78 is 2.12. The van der Waals surface area contributed by atoms with E-state index in [1.54, 1.807) is 24.4 Å². The number of hydrogen-bond donors (Lipinski definition) is 0. The highest BCUT2D eigenvalue weighted by molar-refractivity contribution is 6.09. The van der Waals surface area contributed by atoms with Crippen molar-refractivity contribution in [1.82, 2.24) is 9.55 Å². The SMILES string of the molecule is O=[N+]([O-])c1ccccc1-c1cnc2c(c1)c1ccccc1n2-c1ccccc1. The Morgan fingerprint density at radius 1 is 0.821 bits per heavy atom. The normalized spacial score (nSPS) is 11.1. The summed E-state index contributed by atoms with van der Waals surface area (Å²) >= 11 is 0. The van der Waals surface area contributed by atoms with Crippen LogP contribution < -0.4 is 0 Å². The number of fused-ring (bicyclic) bond motifs is 3. The van der Waals surface area contributed by atoms with Crippen LogP contribution >= 0.6 is 0 Å². The van der Waals surface area contributed by atoms with Gasteiger partial charge in [0.15, 0.2) is 0 Å². The summed E-state index contributed by atoms with van der Waals surface area (Å²) in [6.07, 6.45) is 1.71. The predicted octanol–water partition coefficient (Wildman–Crippen LogP) is 5.75. The summed E-state index contributed by atoms with van der Waals surface area (Å²) in [4.78, 5) is 15.8. The minimum Gasteiger partial charge on any atom is -0.294 e. The molecule has 0 saturated heterocycles. The molecule has 2 aromatic heterocycles. The van der Waals surface area contributed by atoms with E-state index in [0.29, 0.717) is 5.56 Å². The molecule has 0 spiro atoms. The van der Waals surface area contributed by atoms with E-state index in [1.807, 2.05) is 48.5 Å². The third-order valence-electron chi connectivity index (χ3n) is 4.94. The van der Waals surface area contributed by atoms with Crippen molar-refractivity contribution in [2.45, 2.75) is 0 Å². The summed E-state index contributed by atoms with van der Waals surface area (Å²) in [6, 6.07) is 26.9. The first kappa shape index (κ1) is 16.2. The second kappa shape index (κ2) is 6.32. The molecule has 0 unspecified atom stereocenters. The Balaban J connectivity index is 1.83. The average Bonchev–Trinajstić information content (AvgIpc) is 3.08. The van der Waals surface area contributed by atoms with Crippen molar-refractivity contribution in [1.29, 1.82) is 0 Å². The fourth-order valence-corrected chi connectivity index (χ4v) is 3.71. The number of aromatic nitrogens is 2. The van der Waals surface area contributed by atoms with Gasteiger partial charge in [0, 0.05) is 34.3 Å². The van der Waals surface area contributed by atoms with Crippen molar-refractivity contribution in [3.8, 4) is 16.8 Å². The topological polar surface area (TPSA) is 61.0 Å². The standard InChI is InChI=1S/C23H15N3O2/c27-26(28)22-13-7-4-10-18(22)16-14-20-19-11-5-6-12-21(19)25(23(20)24-15-16)17-8-2-1-3-9-17/h1-15H. The Morgan fingerprint density at radius 3 is 2.36 bits per heavy atom. The number of benzene rings is 3. The van der Waals surface area contributed by atoms with E-state index in [2.05, 4.69) is 16.7 Å². The summed E-state index contributed by atoms with van der Waals surface area (Å²) in [5, 5.41) is 13.5. The first-order chi connectivity index (χ1) is 13.7. The minimum atomic E-state index is -0.354. The largest absolute Gasteiger partial charge is 0.294 e. The van der Waals surface area contributed by atoms with Crippen molar-refractivity contribution in [2.24, 2.45) is 0 Å². The number of nitro groups is 1. The highest BCUT2D eigenvalue weighted by Crippen LogP contribution is 2.35. The van der Waals surface area contributed by atoms with Crippen LogP contribution in [0.15, 0.2) is 91.1 Å². The Bertz CT molecular complexity index is 1340. The van der Waals surface area contributed by atoms with Crippen LogP contribution in [0.2, 0.25) is 0 Å². The molecule has 5 nitrogen and oxygen atoms in total. The van der Waals surface area contributed by atoms with Gasteiger partial charge in [-0.05, 0) is 30.3 Å². The minimum absolute atomic E-state index is 0.0791. The number of pyridine rings is 1. The molecule has 2 heterocycles. The smallest absolute Gasteiger partial charge is 0.277 e. The van der Waals surface area contributed by atoms with Crippen LogP contribution in [0.25, 0.3) is 38.8 Å². The van der Waals surface area contributed by atoms with Crippen molar-refractivity contribution < 1.29 is 4.92 Å². The lowest BCUT2D eigenvalue weighted by molar-refractivity contribution is -0.384. The van der Waals surface area contributed by atoms with Crippen LogP contribution in [0.5, 0.6) is 0 Å².